The van der Waals surface area contributed by atoms with Crippen LogP contribution in [0, 0.1) is 0 Å². The Morgan fingerprint density at radius 1 is 1.46 bits per heavy atom. The fourth-order valence-electron chi connectivity index (χ4n) is 1.06. The summed E-state index contributed by atoms with van der Waals surface area (Å²) in [6.07, 6.45) is 0. The molecule has 1 N–H and O–H groups in total. The molecule has 2 heteroatoms. The molecule has 0 aliphatic heterocycles. The van der Waals surface area contributed by atoms with E-state index >= 15 is 0 Å². The molecule has 1 aromatic rings. The molecule has 2 nitrogen and oxygen atoms in total. The van der Waals surface area contributed by atoms with Crippen molar-refractivity contribution in [3.05, 3.63) is 36.4 Å². The van der Waals surface area contributed by atoms with Gasteiger partial charge in [0.1, 0.15) is 0 Å². The molecule has 0 unspecified atom stereocenters. The molecule has 0 radical (unpaired) electrons. The van der Waals surface area contributed by atoms with Crippen molar-refractivity contribution < 1.29 is 4.84 Å². The fourth-order valence-corrected chi connectivity index (χ4v) is 1.06. The lowest BCUT2D eigenvalue weighted by atomic mass is 10.1. The van der Waals surface area contributed by atoms with Crippen molar-refractivity contribution in [3.8, 4) is 5.75 Å². The molecule has 0 saturated heterocycles. The van der Waals surface area contributed by atoms with Gasteiger partial charge in [0.15, 0.2) is 5.75 Å². The van der Waals surface area contributed by atoms with Gasteiger partial charge in [-0.1, -0.05) is 24.8 Å². The van der Waals surface area contributed by atoms with Crippen molar-refractivity contribution in [2.45, 2.75) is 13.8 Å². The molecular weight excluding hydrogens is 162 g/mol. The van der Waals surface area contributed by atoms with Gasteiger partial charge >= 0.3 is 0 Å². The van der Waals surface area contributed by atoms with E-state index in [4.69, 9.17) is 4.84 Å². The second-order valence-corrected chi connectivity index (χ2v) is 2.88. The van der Waals surface area contributed by atoms with Crippen LogP contribution in [0.25, 0.3) is 5.57 Å². The third kappa shape index (κ3) is 2.60. The second kappa shape index (κ2) is 4.67. The first-order chi connectivity index (χ1) is 6.25. The Kier molecular flexibility index (Phi) is 3.53. The summed E-state index contributed by atoms with van der Waals surface area (Å²) < 4.78 is 0. The largest absolute Gasteiger partial charge is 0.408 e. The Hall–Kier alpha value is -1.28. The molecule has 0 fully saturated rings. The number of nitrogens with one attached hydrogen (secondary N) is 1. The number of allylic oxidation sites excluding steroid dienone is 1. The van der Waals surface area contributed by atoms with Crippen LogP contribution >= 0.6 is 0 Å². The van der Waals surface area contributed by atoms with Gasteiger partial charge in [-0.15, -0.1) is 0 Å². The number of rotatable bonds is 4. The molecule has 0 amide bonds. The van der Waals surface area contributed by atoms with Crippen molar-refractivity contribution in [1.29, 1.82) is 0 Å². The van der Waals surface area contributed by atoms with Crippen LogP contribution in [-0.4, -0.2) is 6.54 Å². The zero-order valence-electron chi connectivity index (χ0n) is 8.13. The summed E-state index contributed by atoms with van der Waals surface area (Å²) in [5.74, 6) is 0.830. The molecule has 70 valence electrons. The van der Waals surface area contributed by atoms with Crippen molar-refractivity contribution >= 4 is 5.57 Å². The van der Waals surface area contributed by atoms with E-state index in [0.29, 0.717) is 0 Å². The van der Waals surface area contributed by atoms with Gasteiger partial charge in [-0.3, -0.25) is 0 Å². The molecule has 0 atom stereocenters. The Labute approximate surface area is 79.2 Å². The topological polar surface area (TPSA) is 21.3 Å². The average molecular weight is 177 g/mol. The highest BCUT2D eigenvalue weighted by atomic mass is 16.6. The summed E-state index contributed by atoms with van der Waals surface area (Å²) in [7, 11) is 0. The summed E-state index contributed by atoms with van der Waals surface area (Å²) in [4.78, 5) is 5.34. The van der Waals surface area contributed by atoms with Crippen molar-refractivity contribution in [2.24, 2.45) is 0 Å². The van der Waals surface area contributed by atoms with Crippen LogP contribution in [-0.2, 0) is 0 Å². The fraction of sp³-hybridized carbons (Fsp3) is 0.273. The smallest absolute Gasteiger partial charge is 0.154 e. The maximum Gasteiger partial charge on any atom is 0.154 e. The van der Waals surface area contributed by atoms with E-state index in [1.54, 1.807) is 0 Å². The van der Waals surface area contributed by atoms with Crippen molar-refractivity contribution in [3.63, 3.8) is 0 Å². The van der Waals surface area contributed by atoms with Crippen molar-refractivity contribution in [2.75, 3.05) is 6.54 Å². The third-order valence-corrected chi connectivity index (χ3v) is 1.67. The molecular formula is C11H15NO. The van der Waals surface area contributed by atoms with Gasteiger partial charge in [0.05, 0.1) is 0 Å². The standard InChI is InChI=1S/C11H15NO/c1-4-12-13-11-8-6-5-7-10(11)9(2)3/h5-8,12H,2,4H2,1,3H3. The molecule has 0 aliphatic carbocycles. The van der Waals surface area contributed by atoms with E-state index in [1.165, 1.54) is 0 Å². The maximum absolute atomic E-state index is 5.34. The molecule has 13 heavy (non-hydrogen) atoms. The minimum Gasteiger partial charge on any atom is -0.408 e. The molecule has 0 saturated carbocycles. The molecule has 0 spiro atoms. The van der Waals surface area contributed by atoms with Gasteiger partial charge in [-0.2, -0.15) is 5.48 Å². The van der Waals surface area contributed by atoms with Crippen LogP contribution in [0.2, 0.25) is 0 Å². The SMILES string of the molecule is C=C(C)c1ccccc1ONCC. The first-order valence-corrected chi connectivity index (χ1v) is 4.40. The summed E-state index contributed by atoms with van der Waals surface area (Å²) >= 11 is 0. The Morgan fingerprint density at radius 2 is 2.15 bits per heavy atom. The molecule has 1 rings (SSSR count). The van der Waals surface area contributed by atoms with Crippen LogP contribution in [0.5, 0.6) is 5.75 Å². The van der Waals surface area contributed by atoms with E-state index < -0.39 is 0 Å². The van der Waals surface area contributed by atoms with Crippen LogP contribution in [0.3, 0.4) is 0 Å². The third-order valence-electron chi connectivity index (χ3n) is 1.67. The predicted molar refractivity (Wildman–Crippen MR) is 55.5 cm³/mol. The highest BCUT2D eigenvalue weighted by Crippen LogP contribution is 2.23. The highest BCUT2D eigenvalue weighted by molar-refractivity contribution is 5.66. The molecule has 0 bridgehead atoms. The molecule has 1 aromatic carbocycles. The quantitative estimate of drug-likeness (QED) is 0.714. The van der Waals surface area contributed by atoms with Crippen LogP contribution in [0.4, 0.5) is 0 Å². The number of hydrogen-bond acceptors (Lipinski definition) is 2. The minimum absolute atomic E-state index is 0.782. The lowest BCUT2D eigenvalue weighted by Gasteiger charge is -2.09. The first kappa shape index (κ1) is 9.81. The van der Waals surface area contributed by atoms with E-state index in [-0.39, 0.29) is 0 Å². The Bertz CT molecular complexity index is 294. The molecule has 0 aliphatic rings. The highest BCUT2D eigenvalue weighted by Gasteiger charge is 2.02. The van der Waals surface area contributed by atoms with Gasteiger partial charge in [-0.05, 0) is 25.5 Å². The van der Waals surface area contributed by atoms with Crippen LogP contribution < -0.4 is 10.3 Å². The zero-order valence-corrected chi connectivity index (χ0v) is 8.13. The average Bonchev–Trinajstić information content (AvgIpc) is 2.15. The monoisotopic (exact) mass is 177 g/mol. The normalized spacial score (nSPS) is 9.69. The van der Waals surface area contributed by atoms with Gasteiger partial charge in [-0.25, -0.2) is 0 Å². The van der Waals surface area contributed by atoms with Gasteiger partial charge < -0.3 is 4.84 Å². The van der Waals surface area contributed by atoms with Gasteiger partial charge in [0, 0.05) is 12.1 Å². The van der Waals surface area contributed by atoms with Gasteiger partial charge in [0.2, 0.25) is 0 Å². The molecule has 0 heterocycles. The van der Waals surface area contributed by atoms with Crippen LogP contribution in [0.1, 0.15) is 19.4 Å². The zero-order chi connectivity index (χ0) is 9.68. The maximum atomic E-state index is 5.34. The number of hydrogen-bond donors (Lipinski definition) is 1. The summed E-state index contributed by atoms with van der Waals surface area (Å²) in [6.45, 7) is 8.62. The predicted octanol–water partition coefficient (Wildman–Crippen LogP) is 2.62. The first-order valence-electron chi connectivity index (χ1n) is 4.40. The number of benzene rings is 1. The minimum atomic E-state index is 0.782. The van der Waals surface area contributed by atoms with Gasteiger partial charge in [0.25, 0.3) is 0 Å². The van der Waals surface area contributed by atoms with Crippen LogP contribution in [0.15, 0.2) is 30.8 Å². The second-order valence-electron chi connectivity index (χ2n) is 2.88. The summed E-state index contributed by atoms with van der Waals surface area (Å²) in [5, 5.41) is 0. The van der Waals surface area contributed by atoms with E-state index in [0.717, 1.165) is 23.4 Å². The lowest BCUT2D eigenvalue weighted by molar-refractivity contribution is 0.202. The van der Waals surface area contributed by atoms with E-state index in [1.807, 2.05) is 38.1 Å². The molecule has 0 aromatic heterocycles. The number of para-hydroxylation sites is 1. The Balaban J connectivity index is 2.84. The van der Waals surface area contributed by atoms with E-state index in [9.17, 15) is 0 Å². The van der Waals surface area contributed by atoms with Crippen molar-refractivity contribution in [1.82, 2.24) is 5.48 Å². The lowest BCUT2D eigenvalue weighted by Crippen LogP contribution is -2.17. The van der Waals surface area contributed by atoms with E-state index in [2.05, 4.69) is 12.1 Å². The summed E-state index contributed by atoms with van der Waals surface area (Å²) in [6, 6.07) is 7.84. The Morgan fingerprint density at radius 3 is 2.77 bits per heavy atom. The summed E-state index contributed by atoms with van der Waals surface area (Å²) in [5.41, 5.74) is 4.87. The number of hydroxylamine groups is 1.